The number of rotatable bonds is 6. The fourth-order valence-corrected chi connectivity index (χ4v) is 2.32. The van der Waals surface area contributed by atoms with Crippen molar-refractivity contribution in [1.29, 1.82) is 0 Å². The summed E-state index contributed by atoms with van der Waals surface area (Å²) < 4.78 is 15.6. The molecule has 1 aliphatic rings. The third-order valence-electron chi connectivity index (χ3n) is 3.50. The molecule has 0 saturated heterocycles. The first-order valence-corrected chi connectivity index (χ1v) is 6.09. The highest BCUT2D eigenvalue weighted by atomic mass is 16.5. The van der Waals surface area contributed by atoms with Gasteiger partial charge in [0.25, 0.3) is 0 Å². The zero-order valence-corrected chi connectivity index (χ0v) is 11.1. The number of hydrogen-bond donors (Lipinski definition) is 1. The van der Waals surface area contributed by atoms with Crippen molar-refractivity contribution in [2.24, 2.45) is 5.92 Å². The Kier molecular flexibility index (Phi) is 3.78. The highest BCUT2D eigenvalue weighted by molar-refractivity contribution is 5.45. The largest absolute Gasteiger partial charge is 0.493 e. The minimum atomic E-state index is -0.922. The smallest absolute Gasteiger partial charge is 0.161 e. The van der Waals surface area contributed by atoms with Gasteiger partial charge in [0.05, 0.1) is 20.8 Å². The molecule has 0 aromatic heterocycles. The standard InChI is InChI=1S/C14H20O4/c1-16-9-14(15,10-4-5-10)11-6-7-12(17-2)13(8-11)18-3/h6-8,10,15H,4-5,9H2,1-3H3. The SMILES string of the molecule is COCC(O)(c1ccc(OC)c(OC)c1)C1CC1. The van der Waals surface area contributed by atoms with Gasteiger partial charge in [-0.2, -0.15) is 0 Å². The molecule has 0 radical (unpaired) electrons. The van der Waals surface area contributed by atoms with Crippen molar-refractivity contribution >= 4 is 0 Å². The zero-order valence-electron chi connectivity index (χ0n) is 11.1. The van der Waals surface area contributed by atoms with E-state index in [1.807, 2.05) is 18.2 Å². The molecule has 1 atom stereocenters. The average Bonchev–Trinajstić information content (AvgIpc) is 3.22. The van der Waals surface area contributed by atoms with Gasteiger partial charge in [-0.3, -0.25) is 0 Å². The molecule has 1 saturated carbocycles. The second kappa shape index (κ2) is 5.16. The summed E-state index contributed by atoms with van der Waals surface area (Å²) in [7, 11) is 4.79. The molecule has 0 spiro atoms. The summed E-state index contributed by atoms with van der Waals surface area (Å²) in [6.07, 6.45) is 2.07. The molecule has 0 heterocycles. The number of ether oxygens (including phenoxy) is 3. The lowest BCUT2D eigenvalue weighted by Crippen LogP contribution is -2.33. The predicted octanol–water partition coefficient (Wildman–Crippen LogP) is 1.95. The Labute approximate surface area is 107 Å². The van der Waals surface area contributed by atoms with Crippen LogP contribution in [0.3, 0.4) is 0 Å². The molecule has 18 heavy (non-hydrogen) atoms. The van der Waals surface area contributed by atoms with E-state index in [0.29, 0.717) is 18.1 Å². The Morgan fingerprint density at radius 2 is 1.83 bits per heavy atom. The minimum Gasteiger partial charge on any atom is -0.493 e. The van der Waals surface area contributed by atoms with Gasteiger partial charge in [-0.05, 0) is 36.5 Å². The highest BCUT2D eigenvalue weighted by Gasteiger charge is 2.45. The summed E-state index contributed by atoms with van der Waals surface area (Å²) in [5.41, 5.74) is -0.0987. The zero-order chi connectivity index (χ0) is 13.2. The molecule has 1 fully saturated rings. The van der Waals surface area contributed by atoms with Gasteiger partial charge in [0.15, 0.2) is 11.5 Å². The molecule has 1 unspecified atom stereocenters. The molecule has 4 heteroatoms. The van der Waals surface area contributed by atoms with E-state index in [1.165, 1.54) is 0 Å². The summed E-state index contributed by atoms with van der Waals surface area (Å²) in [6, 6.07) is 5.52. The first-order valence-electron chi connectivity index (χ1n) is 6.09. The van der Waals surface area contributed by atoms with Crippen LogP contribution in [0.25, 0.3) is 0 Å². The van der Waals surface area contributed by atoms with Gasteiger partial charge in [0.1, 0.15) is 5.60 Å². The summed E-state index contributed by atoms with van der Waals surface area (Å²) in [4.78, 5) is 0. The number of hydrogen-bond acceptors (Lipinski definition) is 4. The Morgan fingerprint density at radius 3 is 2.33 bits per heavy atom. The second-order valence-electron chi connectivity index (χ2n) is 4.70. The summed E-state index contributed by atoms with van der Waals surface area (Å²) >= 11 is 0. The van der Waals surface area contributed by atoms with Gasteiger partial charge in [-0.1, -0.05) is 6.07 Å². The van der Waals surface area contributed by atoms with E-state index in [9.17, 15) is 5.11 Å². The molecular weight excluding hydrogens is 232 g/mol. The third kappa shape index (κ3) is 2.31. The van der Waals surface area contributed by atoms with Crippen molar-refractivity contribution in [1.82, 2.24) is 0 Å². The first kappa shape index (κ1) is 13.2. The molecule has 0 bridgehead atoms. The van der Waals surface area contributed by atoms with E-state index >= 15 is 0 Å². The molecule has 4 nitrogen and oxygen atoms in total. The molecule has 2 rings (SSSR count). The van der Waals surface area contributed by atoms with E-state index in [1.54, 1.807) is 21.3 Å². The molecular formula is C14H20O4. The maximum Gasteiger partial charge on any atom is 0.161 e. The van der Waals surface area contributed by atoms with Gasteiger partial charge >= 0.3 is 0 Å². The fourth-order valence-electron chi connectivity index (χ4n) is 2.32. The van der Waals surface area contributed by atoms with Crippen LogP contribution in [0, 0.1) is 5.92 Å². The van der Waals surface area contributed by atoms with Crippen LogP contribution in [0.4, 0.5) is 0 Å². The predicted molar refractivity (Wildman–Crippen MR) is 68.0 cm³/mol. The van der Waals surface area contributed by atoms with E-state index in [0.717, 1.165) is 18.4 Å². The first-order chi connectivity index (χ1) is 8.65. The second-order valence-corrected chi connectivity index (χ2v) is 4.70. The van der Waals surface area contributed by atoms with Crippen LogP contribution in [-0.2, 0) is 10.3 Å². The highest BCUT2D eigenvalue weighted by Crippen LogP contribution is 2.47. The molecule has 1 N–H and O–H groups in total. The van der Waals surface area contributed by atoms with E-state index in [2.05, 4.69) is 0 Å². The van der Waals surface area contributed by atoms with Crippen molar-refractivity contribution in [3.05, 3.63) is 23.8 Å². The molecule has 1 aromatic carbocycles. The van der Waals surface area contributed by atoms with Crippen molar-refractivity contribution in [3.63, 3.8) is 0 Å². The van der Waals surface area contributed by atoms with E-state index < -0.39 is 5.60 Å². The van der Waals surface area contributed by atoms with Crippen LogP contribution in [-0.4, -0.2) is 33.0 Å². The molecule has 1 aliphatic carbocycles. The van der Waals surface area contributed by atoms with Crippen LogP contribution in [0.15, 0.2) is 18.2 Å². The quantitative estimate of drug-likeness (QED) is 0.840. The normalized spacial score (nSPS) is 18.2. The Bertz CT molecular complexity index is 414. The Hall–Kier alpha value is -1.26. The van der Waals surface area contributed by atoms with Gasteiger partial charge < -0.3 is 19.3 Å². The summed E-state index contributed by atoms with van der Waals surface area (Å²) in [6.45, 7) is 0.299. The van der Waals surface area contributed by atoms with Crippen molar-refractivity contribution in [2.45, 2.75) is 18.4 Å². The van der Waals surface area contributed by atoms with Crippen LogP contribution in [0.5, 0.6) is 11.5 Å². The van der Waals surface area contributed by atoms with Crippen LogP contribution in [0.1, 0.15) is 18.4 Å². The number of aliphatic hydroxyl groups is 1. The average molecular weight is 252 g/mol. The van der Waals surface area contributed by atoms with E-state index in [4.69, 9.17) is 14.2 Å². The van der Waals surface area contributed by atoms with Crippen LogP contribution >= 0.6 is 0 Å². The number of benzene rings is 1. The maximum absolute atomic E-state index is 10.8. The molecule has 100 valence electrons. The van der Waals surface area contributed by atoms with Gasteiger partial charge in [-0.15, -0.1) is 0 Å². The molecule has 1 aromatic rings. The Balaban J connectivity index is 2.36. The summed E-state index contributed by atoms with van der Waals surface area (Å²) in [5, 5.41) is 10.8. The Morgan fingerprint density at radius 1 is 1.17 bits per heavy atom. The van der Waals surface area contributed by atoms with Gasteiger partial charge in [0, 0.05) is 7.11 Å². The fraction of sp³-hybridized carbons (Fsp3) is 0.571. The van der Waals surface area contributed by atoms with Crippen LogP contribution in [0.2, 0.25) is 0 Å². The minimum absolute atomic E-state index is 0.274. The van der Waals surface area contributed by atoms with Crippen LogP contribution < -0.4 is 9.47 Å². The topological polar surface area (TPSA) is 47.9 Å². The third-order valence-corrected chi connectivity index (χ3v) is 3.50. The summed E-state index contributed by atoms with van der Waals surface area (Å²) in [5.74, 6) is 1.57. The lowest BCUT2D eigenvalue weighted by molar-refractivity contribution is -0.0534. The lowest BCUT2D eigenvalue weighted by Gasteiger charge is -2.28. The molecule has 0 aliphatic heterocycles. The number of methoxy groups -OCH3 is 3. The molecule has 0 amide bonds. The van der Waals surface area contributed by atoms with Crippen molar-refractivity contribution < 1.29 is 19.3 Å². The lowest BCUT2D eigenvalue weighted by atomic mass is 9.89. The monoisotopic (exact) mass is 252 g/mol. The van der Waals surface area contributed by atoms with Crippen molar-refractivity contribution in [3.8, 4) is 11.5 Å². The van der Waals surface area contributed by atoms with Gasteiger partial charge in [-0.25, -0.2) is 0 Å². The van der Waals surface area contributed by atoms with Crippen molar-refractivity contribution in [2.75, 3.05) is 27.9 Å². The van der Waals surface area contributed by atoms with E-state index in [-0.39, 0.29) is 5.92 Å². The maximum atomic E-state index is 10.8. The van der Waals surface area contributed by atoms with Gasteiger partial charge in [0.2, 0.25) is 0 Å².